The zero-order valence-corrected chi connectivity index (χ0v) is 15.3. The topological polar surface area (TPSA) is 71.0 Å². The Kier molecular flexibility index (Phi) is 4.09. The van der Waals surface area contributed by atoms with E-state index in [-0.39, 0.29) is 5.91 Å². The number of fused-ring (bicyclic) bond motifs is 2. The molecule has 1 aliphatic heterocycles. The maximum atomic E-state index is 13.1. The predicted molar refractivity (Wildman–Crippen MR) is 111 cm³/mol. The van der Waals surface area contributed by atoms with Gasteiger partial charge in [-0.25, -0.2) is 9.97 Å². The van der Waals surface area contributed by atoms with Crippen LogP contribution in [-0.4, -0.2) is 33.9 Å². The molecule has 1 N–H and O–H groups in total. The van der Waals surface area contributed by atoms with Crippen molar-refractivity contribution in [1.29, 1.82) is 0 Å². The molecule has 0 atom stereocenters. The van der Waals surface area contributed by atoms with Gasteiger partial charge in [-0.2, -0.15) is 0 Å². The summed E-state index contributed by atoms with van der Waals surface area (Å²) in [7, 11) is 0. The fraction of sp³-hybridized carbons (Fsp3) is 0.182. The van der Waals surface area contributed by atoms with Crippen LogP contribution in [0.3, 0.4) is 0 Å². The Labute approximate surface area is 162 Å². The lowest BCUT2D eigenvalue weighted by atomic mass is 10.1. The lowest BCUT2D eigenvalue weighted by Gasteiger charge is -2.20. The summed E-state index contributed by atoms with van der Waals surface area (Å²) in [5, 5.41) is 3.82. The van der Waals surface area contributed by atoms with Gasteiger partial charge in [0.2, 0.25) is 0 Å². The molecule has 0 aliphatic carbocycles. The number of anilines is 2. The van der Waals surface area contributed by atoms with E-state index in [4.69, 9.17) is 9.97 Å². The van der Waals surface area contributed by atoms with Gasteiger partial charge < -0.3 is 10.2 Å². The van der Waals surface area contributed by atoms with Gasteiger partial charge in [0.05, 0.1) is 16.6 Å². The summed E-state index contributed by atoms with van der Waals surface area (Å²) in [6.07, 6.45) is 3.97. The second-order valence-electron chi connectivity index (χ2n) is 6.91. The van der Waals surface area contributed by atoms with Crippen molar-refractivity contribution in [2.24, 2.45) is 0 Å². The van der Waals surface area contributed by atoms with Crippen molar-refractivity contribution in [3.63, 3.8) is 0 Å². The van der Waals surface area contributed by atoms with Gasteiger partial charge in [0.15, 0.2) is 11.6 Å². The number of amides is 1. The van der Waals surface area contributed by atoms with Crippen LogP contribution in [0, 0.1) is 0 Å². The first kappa shape index (κ1) is 16.6. The molecule has 0 spiro atoms. The van der Waals surface area contributed by atoms with Crippen LogP contribution in [0.5, 0.6) is 0 Å². The van der Waals surface area contributed by atoms with E-state index in [9.17, 15) is 4.79 Å². The Balaban J connectivity index is 1.58. The maximum absolute atomic E-state index is 13.1. The van der Waals surface area contributed by atoms with Crippen molar-refractivity contribution in [2.45, 2.75) is 12.8 Å². The molecule has 2 aromatic heterocycles. The molecule has 3 heterocycles. The van der Waals surface area contributed by atoms with Gasteiger partial charge in [0.1, 0.15) is 0 Å². The molecule has 2 aromatic carbocycles. The molecule has 138 valence electrons. The molecule has 0 radical (unpaired) electrons. The molecule has 0 saturated carbocycles. The number of nitrogens with zero attached hydrogens (tertiary/aromatic N) is 4. The molecule has 1 fully saturated rings. The van der Waals surface area contributed by atoms with Crippen LogP contribution in [0.25, 0.3) is 21.9 Å². The van der Waals surface area contributed by atoms with Crippen molar-refractivity contribution in [1.82, 2.24) is 15.0 Å². The zero-order valence-electron chi connectivity index (χ0n) is 15.3. The van der Waals surface area contributed by atoms with Crippen LogP contribution in [0.1, 0.15) is 23.2 Å². The number of hydrogen-bond donors (Lipinski definition) is 1. The number of pyridine rings is 1. The van der Waals surface area contributed by atoms with Crippen molar-refractivity contribution < 1.29 is 4.79 Å². The fourth-order valence-electron chi connectivity index (χ4n) is 3.70. The van der Waals surface area contributed by atoms with Crippen LogP contribution in [0.2, 0.25) is 0 Å². The summed E-state index contributed by atoms with van der Waals surface area (Å²) >= 11 is 0. The van der Waals surface area contributed by atoms with E-state index in [1.165, 1.54) is 0 Å². The summed E-state index contributed by atoms with van der Waals surface area (Å²) in [4.78, 5) is 29.2. The van der Waals surface area contributed by atoms with Gasteiger partial charge in [-0.3, -0.25) is 9.78 Å². The highest BCUT2D eigenvalue weighted by molar-refractivity contribution is 6.13. The van der Waals surface area contributed by atoms with E-state index in [0.29, 0.717) is 11.4 Å². The minimum absolute atomic E-state index is 0.205. The van der Waals surface area contributed by atoms with Crippen molar-refractivity contribution in [3.8, 4) is 0 Å². The Morgan fingerprint density at radius 3 is 2.43 bits per heavy atom. The standard InChI is InChI=1S/C22H19N5O/c28-22(16-7-5-11-17-15(16)8-6-12-23-17)26-20-21(27-13-3-4-14-27)25-19-10-2-1-9-18(19)24-20/h1-2,5-12H,3-4,13-14H2,(H,24,26,28). The number of benzene rings is 2. The predicted octanol–water partition coefficient (Wildman–Crippen LogP) is 4.03. The molecule has 4 aromatic rings. The number of hydrogen-bond acceptors (Lipinski definition) is 5. The first-order valence-electron chi connectivity index (χ1n) is 9.46. The van der Waals surface area contributed by atoms with E-state index in [0.717, 1.165) is 53.7 Å². The van der Waals surface area contributed by atoms with Crippen molar-refractivity contribution in [2.75, 3.05) is 23.3 Å². The number of carbonyl (C=O) groups excluding carboxylic acids is 1. The number of nitrogens with one attached hydrogen (secondary N) is 1. The largest absolute Gasteiger partial charge is 0.354 e. The van der Waals surface area contributed by atoms with E-state index in [2.05, 4.69) is 15.2 Å². The summed E-state index contributed by atoms with van der Waals surface area (Å²) in [5.74, 6) is 1.04. The molecule has 0 bridgehead atoms. The van der Waals surface area contributed by atoms with E-state index in [1.54, 1.807) is 6.20 Å². The third kappa shape index (κ3) is 2.93. The van der Waals surface area contributed by atoms with Crippen LogP contribution in [-0.2, 0) is 0 Å². The molecule has 1 aliphatic rings. The smallest absolute Gasteiger partial charge is 0.257 e. The average Bonchev–Trinajstić information content (AvgIpc) is 3.27. The normalized spacial score (nSPS) is 13.9. The number of rotatable bonds is 3. The minimum Gasteiger partial charge on any atom is -0.354 e. The zero-order chi connectivity index (χ0) is 18.9. The van der Waals surface area contributed by atoms with Crippen LogP contribution in [0.4, 0.5) is 11.6 Å². The highest BCUT2D eigenvalue weighted by Crippen LogP contribution is 2.28. The monoisotopic (exact) mass is 369 g/mol. The Morgan fingerprint density at radius 1 is 0.857 bits per heavy atom. The van der Waals surface area contributed by atoms with Crippen LogP contribution < -0.4 is 10.2 Å². The van der Waals surface area contributed by atoms with Gasteiger partial charge in [-0.15, -0.1) is 0 Å². The van der Waals surface area contributed by atoms with Gasteiger partial charge in [-0.05, 0) is 43.2 Å². The Hall–Kier alpha value is -3.54. The number of carbonyl (C=O) groups is 1. The highest BCUT2D eigenvalue weighted by atomic mass is 16.1. The molecule has 5 rings (SSSR count). The van der Waals surface area contributed by atoms with E-state index >= 15 is 0 Å². The molecule has 1 amide bonds. The third-order valence-electron chi connectivity index (χ3n) is 5.08. The maximum Gasteiger partial charge on any atom is 0.257 e. The first-order chi connectivity index (χ1) is 13.8. The molecular weight excluding hydrogens is 350 g/mol. The van der Waals surface area contributed by atoms with Gasteiger partial charge >= 0.3 is 0 Å². The molecular formula is C22H19N5O. The average molecular weight is 369 g/mol. The summed E-state index contributed by atoms with van der Waals surface area (Å²) < 4.78 is 0. The molecule has 1 saturated heterocycles. The second-order valence-corrected chi connectivity index (χ2v) is 6.91. The lowest BCUT2D eigenvalue weighted by molar-refractivity contribution is 0.102. The van der Waals surface area contributed by atoms with Crippen LogP contribution in [0.15, 0.2) is 60.8 Å². The highest BCUT2D eigenvalue weighted by Gasteiger charge is 2.21. The van der Waals surface area contributed by atoms with Gasteiger partial charge in [0.25, 0.3) is 5.91 Å². The summed E-state index contributed by atoms with van der Waals surface area (Å²) in [6, 6.07) is 17.0. The molecule has 6 nitrogen and oxygen atoms in total. The summed E-state index contributed by atoms with van der Waals surface area (Å²) in [5.41, 5.74) is 2.96. The second kappa shape index (κ2) is 6.88. The van der Waals surface area contributed by atoms with E-state index in [1.807, 2.05) is 54.6 Å². The number of para-hydroxylation sites is 2. The fourth-order valence-corrected chi connectivity index (χ4v) is 3.70. The molecule has 28 heavy (non-hydrogen) atoms. The Bertz CT molecular complexity index is 1180. The van der Waals surface area contributed by atoms with Crippen molar-refractivity contribution >= 4 is 39.5 Å². The molecule has 0 unspecified atom stereocenters. The van der Waals surface area contributed by atoms with Crippen LogP contribution >= 0.6 is 0 Å². The SMILES string of the molecule is O=C(Nc1nc2ccccc2nc1N1CCCC1)c1cccc2ncccc12. The quantitative estimate of drug-likeness (QED) is 0.590. The van der Waals surface area contributed by atoms with Gasteiger partial charge in [0, 0.05) is 30.2 Å². The third-order valence-corrected chi connectivity index (χ3v) is 5.08. The first-order valence-corrected chi connectivity index (χ1v) is 9.46. The minimum atomic E-state index is -0.205. The number of aromatic nitrogens is 3. The summed E-state index contributed by atoms with van der Waals surface area (Å²) in [6.45, 7) is 1.85. The van der Waals surface area contributed by atoms with E-state index < -0.39 is 0 Å². The Morgan fingerprint density at radius 2 is 1.61 bits per heavy atom. The lowest BCUT2D eigenvalue weighted by Crippen LogP contribution is -2.23. The molecule has 6 heteroatoms. The van der Waals surface area contributed by atoms with Crippen molar-refractivity contribution in [3.05, 3.63) is 66.4 Å². The van der Waals surface area contributed by atoms with Gasteiger partial charge in [-0.1, -0.05) is 24.3 Å².